The number of esters is 1. The minimum Gasteiger partial charge on any atom is -0.468 e. The van der Waals surface area contributed by atoms with Crippen LogP contribution in [-0.4, -0.2) is 24.3 Å². The molecule has 0 bridgehead atoms. The Balaban J connectivity index is 1.58. The highest BCUT2D eigenvalue weighted by Gasteiger charge is 2.69. The van der Waals surface area contributed by atoms with Crippen molar-refractivity contribution in [3.8, 4) is 0 Å². The van der Waals surface area contributed by atoms with Gasteiger partial charge in [-0.3, -0.25) is 4.79 Å². The Labute approximate surface area is 208 Å². The highest BCUT2D eigenvalue weighted by atomic mass is 16.5. The standard InChI is InChI=1S/C31H50O3/c1-26(2)15-17-31(25(33)34-8)18-16-29(6)20(21(31)19-26)9-10-23-28(5)13-12-24(32)27(3,4)22(28)11-14-30(23,29)7/h19-20,22-24,32H,9-18H2,1-8H3/t20-,22+,23-,24+,28+,29-,30-,31+/m1/s1. The van der Waals surface area contributed by atoms with E-state index in [2.05, 4.69) is 54.5 Å². The first-order valence-electron chi connectivity index (χ1n) is 14.2. The Morgan fingerprint density at radius 3 is 2.18 bits per heavy atom. The van der Waals surface area contributed by atoms with Crippen LogP contribution < -0.4 is 0 Å². The Morgan fingerprint density at radius 1 is 0.824 bits per heavy atom. The molecule has 5 aliphatic rings. The van der Waals surface area contributed by atoms with Gasteiger partial charge in [-0.15, -0.1) is 0 Å². The van der Waals surface area contributed by atoms with Crippen molar-refractivity contribution in [1.82, 2.24) is 0 Å². The maximum absolute atomic E-state index is 13.3. The zero-order chi connectivity index (χ0) is 24.9. The molecule has 0 aromatic heterocycles. The van der Waals surface area contributed by atoms with Crippen LogP contribution in [0, 0.1) is 50.2 Å². The molecule has 0 unspecified atom stereocenters. The van der Waals surface area contributed by atoms with E-state index in [1.807, 2.05) is 0 Å². The van der Waals surface area contributed by atoms with Gasteiger partial charge in [-0.25, -0.2) is 0 Å². The maximum Gasteiger partial charge on any atom is 0.315 e. The van der Waals surface area contributed by atoms with E-state index in [9.17, 15) is 9.90 Å². The lowest BCUT2D eigenvalue weighted by molar-refractivity contribution is -0.230. The van der Waals surface area contributed by atoms with Crippen molar-refractivity contribution in [3.05, 3.63) is 11.6 Å². The molecule has 5 rings (SSSR count). The van der Waals surface area contributed by atoms with Gasteiger partial charge in [0.1, 0.15) is 0 Å². The summed E-state index contributed by atoms with van der Waals surface area (Å²) >= 11 is 0. The van der Waals surface area contributed by atoms with Crippen molar-refractivity contribution in [3.63, 3.8) is 0 Å². The number of methoxy groups -OCH3 is 1. The number of hydrogen-bond donors (Lipinski definition) is 1. The molecule has 0 heterocycles. The monoisotopic (exact) mass is 470 g/mol. The van der Waals surface area contributed by atoms with Gasteiger partial charge in [0.25, 0.3) is 0 Å². The fraction of sp³-hybridized carbons (Fsp3) is 0.903. The number of hydrogen-bond acceptors (Lipinski definition) is 3. The first-order chi connectivity index (χ1) is 15.7. The smallest absolute Gasteiger partial charge is 0.315 e. The van der Waals surface area contributed by atoms with E-state index in [0.29, 0.717) is 23.2 Å². The Morgan fingerprint density at radius 2 is 1.50 bits per heavy atom. The Kier molecular flexibility index (Phi) is 5.38. The zero-order valence-corrected chi connectivity index (χ0v) is 23.2. The normalized spacial score (nSPS) is 51.1. The number of carbonyl (C=O) groups excluding carboxylic acids is 1. The molecular formula is C31H50O3. The van der Waals surface area contributed by atoms with Crippen molar-refractivity contribution in [2.24, 2.45) is 50.2 Å². The molecule has 3 nitrogen and oxygen atoms in total. The second kappa shape index (κ2) is 7.36. The third kappa shape index (κ3) is 2.94. The van der Waals surface area contributed by atoms with Crippen molar-refractivity contribution in [1.29, 1.82) is 0 Å². The maximum atomic E-state index is 13.3. The van der Waals surface area contributed by atoms with Gasteiger partial charge in [0.15, 0.2) is 0 Å². The fourth-order valence-corrected chi connectivity index (χ4v) is 10.9. The van der Waals surface area contributed by atoms with Gasteiger partial charge in [-0.05, 0) is 109 Å². The molecule has 4 saturated carbocycles. The average molecular weight is 471 g/mol. The molecule has 1 N–H and O–H groups in total. The molecule has 0 spiro atoms. The van der Waals surface area contributed by atoms with E-state index >= 15 is 0 Å². The van der Waals surface area contributed by atoms with Crippen molar-refractivity contribution < 1.29 is 14.6 Å². The van der Waals surface area contributed by atoms with Crippen LogP contribution in [0.2, 0.25) is 0 Å². The summed E-state index contributed by atoms with van der Waals surface area (Å²) in [6, 6.07) is 0. The summed E-state index contributed by atoms with van der Waals surface area (Å²) < 4.78 is 5.48. The van der Waals surface area contributed by atoms with Crippen LogP contribution in [-0.2, 0) is 9.53 Å². The number of fused-ring (bicyclic) bond motifs is 7. The third-order valence-electron chi connectivity index (χ3n) is 13.2. The minimum atomic E-state index is -0.393. The average Bonchev–Trinajstić information content (AvgIpc) is 2.76. The molecule has 0 aliphatic heterocycles. The second-order valence-electron chi connectivity index (χ2n) is 15.2. The minimum absolute atomic E-state index is 0.00535. The van der Waals surface area contributed by atoms with Crippen LogP contribution in [0.4, 0.5) is 0 Å². The SMILES string of the molecule is COC(=O)[C@]12CCC(C)(C)C=C1[C@H]1CC[C@@H]3[C@@]4(C)CC[C@H](O)C(C)(C)[C@@H]4CC[C@@]3(C)[C@]1(C)CC2. The molecule has 0 saturated heterocycles. The highest BCUT2D eigenvalue weighted by Crippen LogP contribution is 2.76. The van der Waals surface area contributed by atoms with Crippen LogP contribution in [0.15, 0.2) is 11.6 Å². The Hall–Kier alpha value is -0.830. The molecule has 4 fully saturated rings. The van der Waals surface area contributed by atoms with Crippen LogP contribution in [0.3, 0.4) is 0 Å². The third-order valence-corrected chi connectivity index (χ3v) is 13.2. The van der Waals surface area contributed by atoms with E-state index in [-0.39, 0.29) is 33.7 Å². The highest BCUT2D eigenvalue weighted by molar-refractivity contribution is 5.81. The predicted octanol–water partition coefficient (Wildman–Crippen LogP) is 7.32. The van der Waals surface area contributed by atoms with Gasteiger partial charge in [-0.1, -0.05) is 60.1 Å². The topological polar surface area (TPSA) is 46.5 Å². The first kappa shape index (κ1) is 24.8. The van der Waals surface area contributed by atoms with Gasteiger partial charge in [-0.2, -0.15) is 0 Å². The molecule has 0 aromatic carbocycles. The fourth-order valence-electron chi connectivity index (χ4n) is 10.9. The van der Waals surface area contributed by atoms with E-state index in [0.717, 1.165) is 38.5 Å². The van der Waals surface area contributed by atoms with E-state index in [1.165, 1.54) is 31.3 Å². The molecule has 3 heteroatoms. The number of aliphatic hydroxyl groups excluding tert-OH is 1. The zero-order valence-electron chi connectivity index (χ0n) is 23.2. The summed E-state index contributed by atoms with van der Waals surface area (Å²) in [5.74, 6) is 1.77. The second-order valence-corrected chi connectivity index (χ2v) is 15.2. The summed E-state index contributed by atoms with van der Waals surface area (Å²) in [4.78, 5) is 13.3. The summed E-state index contributed by atoms with van der Waals surface area (Å²) in [6.07, 6.45) is 13.5. The lowest BCUT2D eigenvalue weighted by atomic mass is 9.32. The quantitative estimate of drug-likeness (QED) is 0.322. The summed E-state index contributed by atoms with van der Waals surface area (Å²) in [7, 11) is 1.59. The van der Waals surface area contributed by atoms with Gasteiger partial charge in [0.2, 0.25) is 0 Å². The summed E-state index contributed by atoms with van der Waals surface area (Å²) in [6.45, 7) is 17.2. The largest absolute Gasteiger partial charge is 0.468 e. The number of ether oxygens (including phenoxy) is 1. The van der Waals surface area contributed by atoms with Gasteiger partial charge in [0, 0.05) is 0 Å². The van der Waals surface area contributed by atoms with Crippen molar-refractivity contribution in [2.45, 2.75) is 119 Å². The lowest BCUT2D eigenvalue weighted by Crippen LogP contribution is -2.66. The van der Waals surface area contributed by atoms with E-state index in [1.54, 1.807) is 7.11 Å². The van der Waals surface area contributed by atoms with Crippen LogP contribution >= 0.6 is 0 Å². The van der Waals surface area contributed by atoms with Crippen LogP contribution in [0.5, 0.6) is 0 Å². The molecule has 0 amide bonds. The number of carbonyl (C=O) groups is 1. The van der Waals surface area contributed by atoms with Crippen molar-refractivity contribution >= 4 is 5.97 Å². The van der Waals surface area contributed by atoms with E-state index < -0.39 is 5.41 Å². The summed E-state index contributed by atoms with van der Waals surface area (Å²) in [5.41, 5.74) is 1.96. The Bertz CT molecular complexity index is 900. The molecule has 8 atom stereocenters. The number of allylic oxidation sites excluding steroid dienone is 1. The molecule has 0 radical (unpaired) electrons. The van der Waals surface area contributed by atoms with Gasteiger partial charge < -0.3 is 9.84 Å². The summed E-state index contributed by atoms with van der Waals surface area (Å²) in [5, 5.41) is 10.9. The van der Waals surface area contributed by atoms with Gasteiger partial charge in [0.05, 0.1) is 18.6 Å². The van der Waals surface area contributed by atoms with Gasteiger partial charge >= 0.3 is 5.97 Å². The van der Waals surface area contributed by atoms with Crippen LogP contribution in [0.25, 0.3) is 0 Å². The molecular weight excluding hydrogens is 420 g/mol. The molecule has 5 aliphatic carbocycles. The van der Waals surface area contributed by atoms with Crippen molar-refractivity contribution in [2.75, 3.05) is 7.11 Å². The van der Waals surface area contributed by atoms with Crippen LogP contribution in [0.1, 0.15) is 113 Å². The first-order valence-corrected chi connectivity index (χ1v) is 14.2. The lowest BCUT2D eigenvalue weighted by Gasteiger charge is -2.72. The van der Waals surface area contributed by atoms with E-state index in [4.69, 9.17) is 4.74 Å². The predicted molar refractivity (Wildman–Crippen MR) is 137 cm³/mol. The molecule has 34 heavy (non-hydrogen) atoms. The molecule has 192 valence electrons. The number of aliphatic hydroxyl groups is 1. The molecule has 0 aromatic rings. The number of rotatable bonds is 1.